The van der Waals surface area contributed by atoms with Crippen molar-refractivity contribution in [1.82, 2.24) is 14.0 Å². The molecule has 3 aliphatic heterocycles. The van der Waals surface area contributed by atoms with Gasteiger partial charge in [-0.05, 0) is 19.3 Å². The fourth-order valence-corrected chi connectivity index (χ4v) is 5.50. The van der Waals surface area contributed by atoms with Gasteiger partial charge in [0.15, 0.2) is 0 Å². The number of hydrogen-bond donors (Lipinski definition) is 0. The Morgan fingerprint density at radius 1 is 0.632 bits per heavy atom. The highest BCUT2D eigenvalue weighted by molar-refractivity contribution is 7.52. The lowest BCUT2D eigenvalue weighted by molar-refractivity contribution is -0.126. The molecule has 0 spiro atoms. The predicted octanol–water partition coefficient (Wildman–Crippen LogP) is 1.08. The summed E-state index contributed by atoms with van der Waals surface area (Å²) in [6.45, 7) is 2.04. The van der Waals surface area contributed by atoms with E-state index in [1.54, 1.807) is 14.0 Å². The van der Waals surface area contributed by atoms with Gasteiger partial charge in [-0.1, -0.05) is 0 Å². The SMILES string of the molecule is O=C1CCCN1P(N1CCCC1=O)N1CCCC1=O. The van der Waals surface area contributed by atoms with E-state index in [4.69, 9.17) is 0 Å². The Kier molecular flexibility index (Phi) is 3.44. The number of carbonyl (C=O) groups is 3. The van der Waals surface area contributed by atoms with Crippen LogP contribution in [0.2, 0.25) is 0 Å². The molecule has 0 saturated carbocycles. The third-order valence-corrected chi connectivity index (χ3v) is 6.36. The van der Waals surface area contributed by atoms with E-state index >= 15 is 0 Å². The Bertz CT molecular complexity index is 367. The standard InChI is InChI=1S/C12H18N3O3P/c16-10-4-1-7-13(10)19(14-8-2-5-11(14)17)15-9-3-6-12(15)18/h1-9H2. The largest absolute Gasteiger partial charge is 0.287 e. The molecule has 7 heteroatoms. The molecule has 3 heterocycles. The number of amides is 3. The van der Waals surface area contributed by atoms with E-state index in [2.05, 4.69) is 0 Å². The molecule has 0 aliphatic carbocycles. The number of hydrogen-bond acceptors (Lipinski definition) is 3. The highest BCUT2D eigenvalue weighted by Gasteiger charge is 2.44. The van der Waals surface area contributed by atoms with Crippen molar-refractivity contribution in [3.63, 3.8) is 0 Å². The maximum absolute atomic E-state index is 12.0. The van der Waals surface area contributed by atoms with Gasteiger partial charge in [-0.15, -0.1) is 0 Å². The fourth-order valence-electron chi connectivity index (χ4n) is 2.86. The van der Waals surface area contributed by atoms with Crippen LogP contribution in [-0.2, 0) is 14.4 Å². The van der Waals surface area contributed by atoms with Crippen LogP contribution >= 0.6 is 8.37 Å². The molecular weight excluding hydrogens is 265 g/mol. The van der Waals surface area contributed by atoms with Crippen molar-refractivity contribution >= 4 is 26.1 Å². The molecule has 0 N–H and O–H groups in total. The quantitative estimate of drug-likeness (QED) is 0.728. The molecule has 3 amide bonds. The third-order valence-electron chi connectivity index (χ3n) is 3.79. The average molecular weight is 283 g/mol. The zero-order valence-corrected chi connectivity index (χ0v) is 11.8. The summed E-state index contributed by atoms with van der Waals surface area (Å²) in [5.41, 5.74) is 0. The first-order valence-corrected chi connectivity index (χ1v) is 8.09. The van der Waals surface area contributed by atoms with Crippen molar-refractivity contribution in [3.05, 3.63) is 0 Å². The van der Waals surface area contributed by atoms with Crippen molar-refractivity contribution in [2.45, 2.75) is 38.5 Å². The van der Waals surface area contributed by atoms with Gasteiger partial charge >= 0.3 is 0 Å². The second-order valence-corrected chi connectivity index (χ2v) is 7.11. The van der Waals surface area contributed by atoms with Crippen molar-refractivity contribution in [2.24, 2.45) is 0 Å². The van der Waals surface area contributed by atoms with Crippen LogP contribution in [0.3, 0.4) is 0 Å². The second kappa shape index (κ2) is 5.08. The number of nitrogens with zero attached hydrogens (tertiary/aromatic N) is 3. The summed E-state index contributed by atoms with van der Waals surface area (Å²) in [6, 6.07) is 0. The minimum atomic E-state index is -1.23. The van der Waals surface area contributed by atoms with Crippen LogP contribution < -0.4 is 0 Å². The smallest absolute Gasteiger partial charge is 0.228 e. The molecule has 0 unspecified atom stereocenters. The molecule has 6 nitrogen and oxygen atoms in total. The molecule has 3 aliphatic rings. The predicted molar refractivity (Wildman–Crippen MR) is 69.8 cm³/mol. The zero-order chi connectivity index (χ0) is 13.4. The van der Waals surface area contributed by atoms with Crippen molar-refractivity contribution < 1.29 is 14.4 Å². The first-order chi connectivity index (χ1) is 9.18. The molecule has 0 atom stereocenters. The van der Waals surface area contributed by atoms with Gasteiger partial charge in [0.25, 0.3) is 0 Å². The monoisotopic (exact) mass is 283 g/mol. The first-order valence-electron chi connectivity index (χ1n) is 6.89. The summed E-state index contributed by atoms with van der Waals surface area (Å²) in [4.78, 5) is 36.0. The van der Waals surface area contributed by atoms with Crippen LogP contribution in [0.5, 0.6) is 0 Å². The lowest BCUT2D eigenvalue weighted by Crippen LogP contribution is -2.39. The second-order valence-electron chi connectivity index (χ2n) is 5.13. The average Bonchev–Trinajstić information content (AvgIpc) is 3.07. The van der Waals surface area contributed by atoms with Crippen molar-refractivity contribution in [2.75, 3.05) is 19.6 Å². The fraction of sp³-hybridized carbons (Fsp3) is 0.750. The first kappa shape index (κ1) is 12.9. The van der Waals surface area contributed by atoms with E-state index in [1.807, 2.05) is 0 Å². The van der Waals surface area contributed by atoms with Crippen LogP contribution in [0, 0.1) is 0 Å². The summed E-state index contributed by atoms with van der Waals surface area (Å²) >= 11 is 0. The van der Waals surface area contributed by atoms with E-state index in [-0.39, 0.29) is 17.7 Å². The number of carbonyl (C=O) groups excluding carboxylic acids is 3. The summed E-state index contributed by atoms with van der Waals surface area (Å²) in [5.74, 6) is 0.265. The molecular formula is C12H18N3O3P. The van der Waals surface area contributed by atoms with Crippen LogP contribution in [0.4, 0.5) is 0 Å². The van der Waals surface area contributed by atoms with Crippen LogP contribution in [-0.4, -0.2) is 51.4 Å². The van der Waals surface area contributed by atoms with E-state index in [0.717, 1.165) is 19.3 Å². The van der Waals surface area contributed by atoms with Gasteiger partial charge in [-0.3, -0.25) is 28.4 Å². The normalized spacial score (nSPS) is 24.5. The van der Waals surface area contributed by atoms with E-state index < -0.39 is 8.37 Å². The van der Waals surface area contributed by atoms with E-state index in [0.29, 0.717) is 38.9 Å². The molecule has 0 aromatic rings. The lowest BCUT2D eigenvalue weighted by Gasteiger charge is -2.39. The molecule has 0 radical (unpaired) electrons. The van der Waals surface area contributed by atoms with Gasteiger partial charge < -0.3 is 0 Å². The summed E-state index contributed by atoms with van der Waals surface area (Å²) < 4.78 is 5.34. The highest BCUT2D eigenvalue weighted by Crippen LogP contribution is 2.53. The molecule has 104 valence electrons. The zero-order valence-electron chi connectivity index (χ0n) is 10.9. The van der Waals surface area contributed by atoms with E-state index in [1.165, 1.54) is 0 Å². The van der Waals surface area contributed by atoms with Crippen LogP contribution in [0.15, 0.2) is 0 Å². The summed E-state index contributed by atoms with van der Waals surface area (Å²) in [6.07, 6.45) is 4.14. The van der Waals surface area contributed by atoms with Gasteiger partial charge in [-0.2, -0.15) is 0 Å². The molecule has 3 saturated heterocycles. The lowest BCUT2D eigenvalue weighted by atomic mass is 10.4. The highest BCUT2D eigenvalue weighted by atomic mass is 31.2. The van der Waals surface area contributed by atoms with Gasteiger partial charge in [0.2, 0.25) is 26.1 Å². The van der Waals surface area contributed by atoms with Gasteiger partial charge in [0, 0.05) is 38.9 Å². The Morgan fingerprint density at radius 3 is 1.16 bits per heavy atom. The van der Waals surface area contributed by atoms with Crippen molar-refractivity contribution in [1.29, 1.82) is 0 Å². The molecule has 3 rings (SSSR count). The maximum atomic E-state index is 12.0. The Hall–Kier alpha value is -1.16. The summed E-state index contributed by atoms with van der Waals surface area (Å²) in [5, 5.41) is 0. The molecule has 0 bridgehead atoms. The Balaban J connectivity index is 1.88. The molecule has 0 aromatic heterocycles. The van der Waals surface area contributed by atoms with Gasteiger partial charge in [0.1, 0.15) is 0 Å². The van der Waals surface area contributed by atoms with Crippen molar-refractivity contribution in [3.8, 4) is 0 Å². The van der Waals surface area contributed by atoms with Gasteiger partial charge in [-0.25, -0.2) is 0 Å². The number of rotatable bonds is 3. The molecule has 3 fully saturated rings. The third kappa shape index (κ3) is 2.22. The van der Waals surface area contributed by atoms with E-state index in [9.17, 15) is 14.4 Å². The Labute approximate surface area is 113 Å². The maximum Gasteiger partial charge on any atom is 0.228 e. The topological polar surface area (TPSA) is 60.9 Å². The minimum Gasteiger partial charge on any atom is -0.287 e. The Morgan fingerprint density at radius 2 is 0.947 bits per heavy atom. The van der Waals surface area contributed by atoms with Crippen LogP contribution in [0.1, 0.15) is 38.5 Å². The van der Waals surface area contributed by atoms with Crippen LogP contribution in [0.25, 0.3) is 0 Å². The molecule has 19 heavy (non-hydrogen) atoms. The van der Waals surface area contributed by atoms with Gasteiger partial charge in [0.05, 0.1) is 0 Å². The minimum absolute atomic E-state index is 0.0884. The summed E-state index contributed by atoms with van der Waals surface area (Å²) in [7, 11) is -1.23. The molecule has 0 aromatic carbocycles.